The number of unbranched alkanes of at least 4 members (excludes halogenated alkanes) is 51. The highest BCUT2D eigenvalue weighted by Gasteiger charge is 2.51. The van der Waals surface area contributed by atoms with Crippen LogP contribution in [0.2, 0.25) is 0 Å². The highest BCUT2D eigenvalue weighted by atomic mass is 16.7. The number of aliphatic hydroxyl groups is 8. The van der Waals surface area contributed by atoms with Crippen molar-refractivity contribution in [2.75, 3.05) is 19.8 Å². The van der Waals surface area contributed by atoms with Crippen LogP contribution in [-0.2, 0) is 23.7 Å². The van der Waals surface area contributed by atoms with Crippen LogP contribution in [0.3, 0.4) is 0 Å². The van der Waals surface area contributed by atoms with Gasteiger partial charge in [0, 0.05) is 6.42 Å². The zero-order chi connectivity index (χ0) is 63.8. The van der Waals surface area contributed by atoms with E-state index in [9.17, 15) is 45.6 Å². The molecule has 14 heteroatoms. The average Bonchev–Trinajstić information content (AvgIpc) is 2.02. The molecule has 0 aromatic carbocycles. The van der Waals surface area contributed by atoms with Gasteiger partial charge in [0.05, 0.1) is 32.0 Å². The Balaban J connectivity index is 1.65. The summed E-state index contributed by atoms with van der Waals surface area (Å²) in [6.45, 7) is 2.87. The maximum atomic E-state index is 13.4. The van der Waals surface area contributed by atoms with Gasteiger partial charge >= 0.3 is 0 Å². The molecule has 522 valence electrons. The Bertz CT molecular complexity index is 1520. The molecule has 0 saturated carbocycles. The minimum absolute atomic E-state index is 0.230. The number of carbonyl (C=O) groups is 1. The van der Waals surface area contributed by atoms with E-state index < -0.39 is 86.8 Å². The van der Waals surface area contributed by atoms with E-state index in [1.807, 2.05) is 6.08 Å². The fourth-order valence-electron chi connectivity index (χ4n) is 12.9. The fourth-order valence-corrected chi connectivity index (χ4v) is 12.9. The van der Waals surface area contributed by atoms with Crippen LogP contribution in [0.4, 0.5) is 0 Å². The molecule has 2 rings (SSSR count). The standard InChI is InChI=1S/C74H143NO13/c1-3-5-7-9-11-13-15-17-19-21-23-25-27-29-30-31-32-34-35-37-39-41-43-45-47-49-51-53-55-57-63(78)62(61-85-73-71(84)69(82)72(65(60-77)87-73)88-74-70(83)68(81)67(80)64(59-76)86-74)75-66(79)58-56-54-52-50-48-46-44-42-40-38-36-33-28-26-24-22-20-18-16-14-12-10-8-6-4-2/h55,57,62-65,67-74,76-78,80-84H,3-54,56,58-61H2,1-2H3,(H,75,79)/b57-55+. The first kappa shape index (κ1) is 82.8. The lowest BCUT2D eigenvalue weighted by molar-refractivity contribution is -0.359. The first-order chi connectivity index (χ1) is 43.1. The third kappa shape index (κ3) is 42.9. The Labute approximate surface area is 539 Å². The summed E-state index contributed by atoms with van der Waals surface area (Å²) in [5, 5.41) is 87.6. The van der Waals surface area contributed by atoms with Crippen molar-refractivity contribution >= 4 is 5.91 Å². The van der Waals surface area contributed by atoms with Crippen LogP contribution in [-0.4, -0.2) is 140 Å². The van der Waals surface area contributed by atoms with Gasteiger partial charge in [-0.15, -0.1) is 0 Å². The summed E-state index contributed by atoms with van der Waals surface area (Å²) in [5.41, 5.74) is 0. The lowest BCUT2D eigenvalue weighted by Gasteiger charge is -2.46. The average molecular weight is 1250 g/mol. The minimum Gasteiger partial charge on any atom is -0.394 e. The molecule has 2 aliphatic heterocycles. The molecular weight excluding hydrogens is 1110 g/mol. The molecule has 0 aromatic heterocycles. The van der Waals surface area contributed by atoms with Crippen molar-refractivity contribution in [2.24, 2.45) is 0 Å². The van der Waals surface area contributed by atoms with Crippen LogP contribution in [0.1, 0.15) is 361 Å². The van der Waals surface area contributed by atoms with Crippen LogP contribution in [0.25, 0.3) is 0 Å². The van der Waals surface area contributed by atoms with Crippen LogP contribution < -0.4 is 5.32 Å². The van der Waals surface area contributed by atoms with Crippen molar-refractivity contribution in [3.63, 3.8) is 0 Å². The molecule has 2 saturated heterocycles. The Morgan fingerprint density at radius 2 is 0.705 bits per heavy atom. The molecule has 2 fully saturated rings. The van der Waals surface area contributed by atoms with Crippen LogP contribution >= 0.6 is 0 Å². The zero-order valence-electron chi connectivity index (χ0n) is 57.0. The largest absolute Gasteiger partial charge is 0.394 e. The second kappa shape index (κ2) is 59.5. The second-order valence-electron chi connectivity index (χ2n) is 27.1. The van der Waals surface area contributed by atoms with Gasteiger partial charge in [0.25, 0.3) is 0 Å². The highest BCUT2D eigenvalue weighted by Crippen LogP contribution is 2.30. The number of ether oxygens (including phenoxy) is 4. The van der Waals surface area contributed by atoms with Gasteiger partial charge in [0.1, 0.15) is 48.8 Å². The third-order valence-electron chi connectivity index (χ3n) is 19.0. The monoisotopic (exact) mass is 1250 g/mol. The zero-order valence-corrected chi connectivity index (χ0v) is 57.0. The number of carbonyl (C=O) groups excluding carboxylic acids is 1. The molecule has 0 bridgehead atoms. The first-order valence-corrected chi connectivity index (χ1v) is 37.9. The molecular formula is C74H143NO13. The summed E-state index contributed by atoms with van der Waals surface area (Å²) < 4.78 is 22.9. The number of amides is 1. The number of rotatable bonds is 64. The van der Waals surface area contributed by atoms with E-state index in [-0.39, 0.29) is 18.9 Å². The van der Waals surface area contributed by atoms with Crippen LogP contribution in [0.5, 0.6) is 0 Å². The van der Waals surface area contributed by atoms with E-state index in [2.05, 4.69) is 19.2 Å². The van der Waals surface area contributed by atoms with Crippen LogP contribution in [0, 0.1) is 0 Å². The van der Waals surface area contributed by atoms with Gasteiger partial charge in [-0.25, -0.2) is 0 Å². The quantitative estimate of drug-likeness (QED) is 0.0204. The van der Waals surface area contributed by atoms with Crippen molar-refractivity contribution in [1.29, 1.82) is 0 Å². The van der Waals surface area contributed by atoms with Crippen molar-refractivity contribution in [2.45, 2.75) is 434 Å². The van der Waals surface area contributed by atoms with Gasteiger partial charge in [0.15, 0.2) is 12.6 Å². The Morgan fingerprint density at radius 3 is 1.05 bits per heavy atom. The number of hydrogen-bond acceptors (Lipinski definition) is 13. The van der Waals surface area contributed by atoms with Crippen molar-refractivity contribution in [3.05, 3.63) is 12.2 Å². The van der Waals surface area contributed by atoms with E-state index >= 15 is 0 Å². The minimum atomic E-state index is -1.79. The van der Waals surface area contributed by atoms with Crippen LogP contribution in [0.15, 0.2) is 12.2 Å². The second-order valence-corrected chi connectivity index (χ2v) is 27.1. The molecule has 2 heterocycles. The van der Waals surface area contributed by atoms with E-state index in [0.717, 1.165) is 44.9 Å². The number of allylic oxidation sites excluding steroid dienone is 1. The third-order valence-corrected chi connectivity index (χ3v) is 19.0. The number of nitrogens with one attached hydrogen (secondary N) is 1. The van der Waals surface area contributed by atoms with Crippen molar-refractivity contribution in [3.8, 4) is 0 Å². The predicted octanol–water partition coefficient (Wildman–Crippen LogP) is 16.1. The fraction of sp³-hybridized carbons (Fsp3) is 0.959. The maximum absolute atomic E-state index is 13.4. The van der Waals surface area contributed by atoms with Gasteiger partial charge in [-0.3, -0.25) is 4.79 Å². The normalized spacial score (nSPS) is 23.1. The molecule has 0 aliphatic carbocycles. The summed E-state index contributed by atoms with van der Waals surface area (Å²) in [4.78, 5) is 13.4. The maximum Gasteiger partial charge on any atom is 0.220 e. The lowest BCUT2D eigenvalue weighted by atomic mass is 9.97. The molecule has 12 atom stereocenters. The molecule has 0 aromatic rings. The van der Waals surface area contributed by atoms with Crippen molar-refractivity contribution < 1.29 is 64.6 Å². The highest BCUT2D eigenvalue weighted by molar-refractivity contribution is 5.76. The van der Waals surface area contributed by atoms with Gasteiger partial charge in [0.2, 0.25) is 5.91 Å². The number of hydrogen-bond donors (Lipinski definition) is 9. The first-order valence-electron chi connectivity index (χ1n) is 37.9. The van der Waals surface area contributed by atoms with E-state index in [1.54, 1.807) is 6.08 Å². The van der Waals surface area contributed by atoms with Gasteiger partial charge < -0.3 is 65.1 Å². The Kier molecular flexibility index (Phi) is 56.0. The summed E-state index contributed by atoms with van der Waals surface area (Å²) >= 11 is 0. The smallest absolute Gasteiger partial charge is 0.220 e. The molecule has 1 amide bonds. The molecule has 0 spiro atoms. The Hall–Kier alpha value is -1.27. The van der Waals surface area contributed by atoms with Gasteiger partial charge in [-0.1, -0.05) is 347 Å². The molecule has 9 N–H and O–H groups in total. The summed E-state index contributed by atoms with van der Waals surface area (Å²) in [6.07, 6.45) is 57.1. The molecule has 2 aliphatic rings. The van der Waals surface area contributed by atoms with Gasteiger partial charge in [-0.2, -0.15) is 0 Å². The summed E-state index contributed by atoms with van der Waals surface area (Å²) in [5.74, 6) is -0.230. The SMILES string of the molecule is CCCCCCCCCCCCCCCCCCCCCCCCCCCCC/C=C/C(O)C(COC1OC(CO)C(OC2OC(CO)C(O)C(O)C2O)C(O)C1O)NC(=O)CCCCCCCCCCCCCCCCCCCCCCCCCCC. The van der Waals surface area contributed by atoms with E-state index in [1.165, 1.54) is 295 Å². The molecule has 88 heavy (non-hydrogen) atoms. The Morgan fingerprint density at radius 1 is 0.398 bits per heavy atom. The molecule has 12 unspecified atom stereocenters. The molecule has 14 nitrogen and oxygen atoms in total. The summed E-state index contributed by atoms with van der Waals surface area (Å²) in [7, 11) is 0. The molecule has 0 radical (unpaired) electrons. The van der Waals surface area contributed by atoms with E-state index in [0.29, 0.717) is 0 Å². The predicted molar refractivity (Wildman–Crippen MR) is 360 cm³/mol. The lowest BCUT2D eigenvalue weighted by Crippen LogP contribution is -2.65. The topological polar surface area (TPSA) is 228 Å². The van der Waals surface area contributed by atoms with E-state index in [4.69, 9.17) is 18.9 Å². The summed E-state index contributed by atoms with van der Waals surface area (Å²) in [6, 6.07) is -0.912. The van der Waals surface area contributed by atoms with Crippen molar-refractivity contribution in [1.82, 2.24) is 5.32 Å². The van der Waals surface area contributed by atoms with Gasteiger partial charge in [-0.05, 0) is 19.3 Å². The number of aliphatic hydroxyl groups excluding tert-OH is 8.